The summed E-state index contributed by atoms with van der Waals surface area (Å²) >= 11 is 2.64. The van der Waals surface area contributed by atoms with Crippen LogP contribution >= 0.6 is 35.5 Å². The number of benzene rings is 1. The van der Waals surface area contributed by atoms with E-state index in [0.717, 1.165) is 10.0 Å². The summed E-state index contributed by atoms with van der Waals surface area (Å²) in [6, 6.07) is 4.42. The minimum atomic E-state index is -0.586. The van der Waals surface area contributed by atoms with Crippen molar-refractivity contribution >= 4 is 47.1 Å². The Bertz CT molecular complexity index is 780. The van der Waals surface area contributed by atoms with Gasteiger partial charge in [-0.2, -0.15) is 0 Å². The maximum Gasteiger partial charge on any atom is 0.284 e. The van der Waals surface area contributed by atoms with Gasteiger partial charge in [0.1, 0.15) is 0 Å². The number of amides is 1. The van der Waals surface area contributed by atoms with Crippen LogP contribution in [0, 0.1) is 17.0 Å². The number of nitrogens with zero attached hydrogens (tertiary/aromatic N) is 2. The molecule has 2 rings (SSSR count). The van der Waals surface area contributed by atoms with Gasteiger partial charge >= 0.3 is 0 Å². The van der Waals surface area contributed by atoms with Gasteiger partial charge in [0.2, 0.25) is 0 Å². The minimum absolute atomic E-state index is 0. The lowest BCUT2D eigenvalue weighted by atomic mass is 10.1. The highest BCUT2D eigenvalue weighted by molar-refractivity contribution is 8.01. The second-order valence-corrected chi connectivity index (χ2v) is 7.99. The number of carbonyl (C=O) groups is 1. The second-order valence-electron chi connectivity index (χ2n) is 5.84. The zero-order valence-electron chi connectivity index (χ0n) is 13.9. The normalized spacial score (nSPS) is 10.9. The Morgan fingerprint density at radius 3 is 2.68 bits per heavy atom. The van der Waals surface area contributed by atoms with Gasteiger partial charge in [0, 0.05) is 34.8 Å². The Morgan fingerprint density at radius 1 is 1.48 bits per heavy atom. The summed E-state index contributed by atoms with van der Waals surface area (Å²) < 4.78 is 0.720. The largest absolute Gasteiger partial charge is 0.346 e. The summed E-state index contributed by atoms with van der Waals surface area (Å²) in [5, 5.41) is 16.0. The van der Waals surface area contributed by atoms with E-state index < -0.39 is 16.4 Å². The Hall–Kier alpha value is -1.68. The van der Waals surface area contributed by atoms with Gasteiger partial charge in [-0.15, -0.1) is 23.7 Å². The maximum absolute atomic E-state index is 12.3. The SMILES string of the molecule is Cc1csc(Sc2ccc(C(=O)NC(C)(C)CN)cc2[N+](=O)[O-])n1.Cl. The smallest absolute Gasteiger partial charge is 0.284 e. The van der Waals surface area contributed by atoms with Gasteiger partial charge in [-0.05, 0) is 32.9 Å². The van der Waals surface area contributed by atoms with Crippen molar-refractivity contribution in [3.8, 4) is 0 Å². The van der Waals surface area contributed by atoms with Crippen LogP contribution in [0.25, 0.3) is 0 Å². The third-order valence-corrected chi connectivity index (χ3v) is 5.30. The van der Waals surface area contributed by atoms with E-state index in [4.69, 9.17) is 5.73 Å². The number of nitro benzene ring substituents is 1. The minimum Gasteiger partial charge on any atom is -0.346 e. The Morgan fingerprint density at radius 2 is 2.16 bits per heavy atom. The molecular formula is C15H19ClN4O3S2. The summed E-state index contributed by atoms with van der Waals surface area (Å²) in [5.41, 5.74) is 5.98. The molecule has 0 aliphatic carbocycles. The molecule has 136 valence electrons. The van der Waals surface area contributed by atoms with Gasteiger partial charge in [0.15, 0.2) is 4.34 Å². The number of hydrogen-bond donors (Lipinski definition) is 2. The summed E-state index contributed by atoms with van der Waals surface area (Å²) in [6.07, 6.45) is 0. The summed E-state index contributed by atoms with van der Waals surface area (Å²) in [4.78, 5) is 27.9. The van der Waals surface area contributed by atoms with Crippen molar-refractivity contribution in [1.82, 2.24) is 10.3 Å². The zero-order chi connectivity index (χ0) is 17.9. The maximum atomic E-state index is 12.3. The van der Waals surface area contributed by atoms with E-state index in [1.54, 1.807) is 26.0 Å². The molecule has 1 amide bonds. The van der Waals surface area contributed by atoms with E-state index in [2.05, 4.69) is 10.3 Å². The molecule has 7 nitrogen and oxygen atoms in total. The lowest BCUT2D eigenvalue weighted by Gasteiger charge is -2.24. The van der Waals surface area contributed by atoms with Crippen molar-refractivity contribution in [3.63, 3.8) is 0 Å². The number of nitrogens with two attached hydrogens (primary N) is 1. The molecule has 0 saturated heterocycles. The molecule has 0 atom stereocenters. The number of thiazole rings is 1. The third kappa shape index (κ3) is 5.67. The van der Waals surface area contributed by atoms with E-state index in [9.17, 15) is 14.9 Å². The summed E-state index contributed by atoms with van der Waals surface area (Å²) in [5.74, 6) is -0.393. The fourth-order valence-corrected chi connectivity index (χ4v) is 3.67. The van der Waals surface area contributed by atoms with E-state index >= 15 is 0 Å². The van der Waals surface area contributed by atoms with Crippen molar-refractivity contribution in [2.75, 3.05) is 6.54 Å². The van der Waals surface area contributed by atoms with Crippen molar-refractivity contribution < 1.29 is 9.72 Å². The van der Waals surface area contributed by atoms with Crippen LogP contribution in [0.1, 0.15) is 29.9 Å². The molecule has 2 aromatic rings. The highest BCUT2D eigenvalue weighted by atomic mass is 35.5. The fourth-order valence-electron chi connectivity index (χ4n) is 1.79. The van der Waals surface area contributed by atoms with Crippen molar-refractivity contribution in [2.24, 2.45) is 5.73 Å². The number of nitro groups is 1. The van der Waals surface area contributed by atoms with Crippen LogP contribution in [0.4, 0.5) is 5.69 Å². The molecule has 10 heteroatoms. The van der Waals surface area contributed by atoms with Gasteiger partial charge in [-0.1, -0.05) is 11.8 Å². The average molecular weight is 403 g/mol. The molecule has 0 fully saturated rings. The lowest BCUT2D eigenvalue weighted by Crippen LogP contribution is -2.48. The molecule has 0 aliphatic heterocycles. The van der Waals surface area contributed by atoms with Gasteiger partial charge in [0.25, 0.3) is 11.6 Å². The molecule has 0 radical (unpaired) electrons. The zero-order valence-corrected chi connectivity index (χ0v) is 16.4. The van der Waals surface area contributed by atoms with Crippen LogP contribution in [-0.2, 0) is 0 Å². The molecule has 0 aliphatic rings. The lowest BCUT2D eigenvalue weighted by molar-refractivity contribution is -0.387. The number of halogens is 1. The topological polar surface area (TPSA) is 111 Å². The Labute approximate surface area is 160 Å². The molecule has 25 heavy (non-hydrogen) atoms. The molecule has 0 spiro atoms. The second kappa shape index (κ2) is 8.61. The highest BCUT2D eigenvalue weighted by Crippen LogP contribution is 2.36. The van der Waals surface area contributed by atoms with Gasteiger partial charge in [0.05, 0.1) is 9.82 Å². The number of aryl methyl sites for hydroxylation is 1. The van der Waals surface area contributed by atoms with Gasteiger partial charge < -0.3 is 11.1 Å². The highest BCUT2D eigenvalue weighted by Gasteiger charge is 2.23. The predicted molar refractivity (Wildman–Crippen MR) is 102 cm³/mol. The quantitative estimate of drug-likeness (QED) is 0.565. The van der Waals surface area contributed by atoms with Crippen LogP contribution in [0.5, 0.6) is 0 Å². The van der Waals surface area contributed by atoms with Gasteiger partial charge in [-0.25, -0.2) is 4.98 Å². The number of carbonyl (C=O) groups excluding carboxylic acids is 1. The summed E-state index contributed by atoms with van der Waals surface area (Å²) in [6.45, 7) is 5.70. The molecule has 1 aromatic carbocycles. The van der Waals surface area contributed by atoms with Crippen LogP contribution in [0.3, 0.4) is 0 Å². The molecule has 1 aromatic heterocycles. The average Bonchev–Trinajstić information content (AvgIpc) is 2.92. The molecule has 0 unspecified atom stereocenters. The van der Waals surface area contributed by atoms with Crippen LogP contribution in [-0.4, -0.2) is 27.9 Å². The van der Waals surface area contributed by atoms with E-state index in [-0.39, 0.29) is 30.2 Å². The molecule has 0 bridgehead atoms. The molecule has 3 N–H and O–H groups in total. The molecular weight excluding hydrogens is 384 g/mol. The van der Waals surface area contributed by atoms with E-state index in [1.807, 2.05) is 12.3 Å². The van der Waals surface area contributed by atoms with Crippen LogP contribution in [0.15, 0.2) is 32.8 Å². The van der Waals surface area contributed by atoms with E-state index in [0.29, 0.717) is 4.90 Å². The molecule has 1 heterocycles. The fraction of sp³-hybridized carbons (Fsp3) is 0.333. The van der Waals surface area contributed by atoms with Crippen molar-refractivity contribution in [2.45, 2.75) is 35.5 Å². The predicted octanol–water partition coefficient (Wildman–Crippen LogP) is 3.40. The number of rotatable bonds is 6. The third-order valence-electron chi connectivity index (χ3n) is 3.18. The summed E-state index contributed by atoms with van der Waals surface area (Å²) in [7, 11) is 0. The molecule has 0 saturated carbocycles. The number of hydrogen-bond acceptors (Lipinski definition) is 7. The first kappa shape index (κ1) is 21.4. The van der Waals surface area contributed by atoms with Crippen molar-refractivity contribution in [3.05, 3.63) is 45.0 Å². The Kier molecular flexibility index (Phi) is 7.36. The van der Waals surface area contributed by atoms with Crippen molar-refractivity contribution in [1.29, 1.82) is 0 Å². The standard InChI is InChI=1S/C15H18N4O3S2.ClH/c1-9-7-23-14(17-9)24-12-5-4-10(6-11(12)19(21)22)13(20)18-15(2,3)8-16;/h4-7H,8,16H2,1-3H3,(H,18,20);1H. The number of aromatic nitrogens is 1. The van der Waals surface area contributed by atoms with Crippen LogP contribution in [0.2, 0.25) is 0 Å². The Balaban J connectivity index is 0.00000312. The first-order valence-corrected chi connectivity index (χ1v) is 8.82. The number of nitrogens with one attached hydrogen (secondary N) is 1. The monoisotopic (exact) mass is 402 g/mol. The first-order chi connectivity index (χ1) is 11.2. The van der Waals surface area contributed by atoms with Crippen LogP contribution < -0.4 is 11.1 Å². The first-order valence-electron chi connectivity index (χ1n) is 7.13. The van der Waals surface area contributed by atoms with Gasteiger partial charge in [-0.3, -0.25) is 14.9 Å². The van der Waals surface area contributed by atoms with E-state index in [1.165, 1.54) is 29.2 Å².